The lowest BCUT2D eigenvalue weighted by Crippen LogP contribution is -2.15. The van der Waals surface area contributed by atoms with E-state index in [0.717, 1.165) is 21.7 Å². The molecule has 0 atom stereocenters. The Hall–Kier alpha value is -3.79. The Kier molecular flexibility index (Phi) is 4.22. The van der Waals surface area contributed by atoms with Crippen LogP contribution in [0.1, 0.15) is 11.3 Å². The third-order valence-electron chi connectivity index (χ3n) is 4.44. The molecule has 0 fully saturated rings. The van der Waals surface area contributed by atoms with Crippen LogP contribution in [0.5, 0.6) is 0 Å². The number of carboxylic acids is 1. The molecule has 0 amide bonds. The second-order valence-corrected chi connectivity index (χ2v) is 6.15. The molecule has 130 valence electrons. The highest BCUT2D eigenvalue weighted by molar-refractivity contribution is 6.52. The van der Waals surface area contributed by atoms with Crippen molar-refractivity contribution in [1.29, 1.82) is 0 Å². The van der Waals surface area contributed by atoms with Gasteiger partial charge in [-0.15, -0.1) is 0 Å². The Labute approximate surface area is 155 Å². The Morgan fingerprint density at radius 1 is 0.778 bits per heavy atom. The molecular formula is C23H15NO3. The first-order valence-electron chi connectivity index (χ1n) is 8.47. The van der Waals surface area contributed by atoms with E-state index in [1.165, 1.54) is 0 Å². The molecule has 0 unspecified atom stereocenters. The number of nitrogens with zero attached hydrogens (tertiary/aromatic N) is 1. The normalized spacial score (nSPS) is 11.6. The van der Waals surface area contributed by atoms with Crippen molar-refractivity contribution >= 4 is 45.1 Å². The molecule has 4 aromatic rings. The van der Waals surface area contributed by atoms with Gasteiger partial charge in [-0.3, -0.25) is 4.79 Å². The minimum absolute atomic E-state index is 0.0598. The molecule has 1 aromatic heterocycles. The predicted molar refractivity (Wildman–Crippen MR) is 106 cm³/mol. The monoisotopic (exact) mass is 353 g/mol. The number of hydrogen-bond donors (Lipinski definition) is 1. The van der Waals surface area contributed by atoms with Gasteiger partial charge < -0.3 is 5.11 Å². The Morgan fingerprint density at radius 3 is 2.30 bits per heavy atom. The molecule has 0 spiro atoms. The Bertz CT molecular complexity index is 1220. The molecule has 4 rings (SSSR count). The molecule has 0 aliphatic carbocycles. The fraction of sp³-hybridized carbons (Fsp3) is 0. The third kappa shape index (κ3) is 3.20. The lowest BCUT2D eigenvalue weighted by Gasteiger charge is -2.08. The van der Waals surface area contributed by atoms with Gasteiger partial charge in [0.2, 0.25) is 0 Å². The topological polar surface area (TPSA) is 67.3 Å². The van der Waals surface area contributed by atoms with E-state index >= 15 is 0 Å². The van der Waals surface area contributed by atoms with Gasteiger partial charge in [-0.1, -0.05) is 66.7 Å². The Balaban J connectivity index is 1.94. The van der Waals surface area contributed by atoms with Crippen molar-refractivity contribution in [3.63, 3.8) is 0 Å². The summed E-state index contributed by atoms with van der Waals surface area (Å²) in [6, 6.07) is 24.5. The van der Waals surface area contributed by atoms with Gasteiger partial charge in [-0.05, 0) is 34.5 Å². The van der Waals surface area contributed by atoms with Crippen molar-refractivity contribution in [3.8, 4) is 0 Å². The smallest absolute Gasteiger partial charge is 0.377 e. The van der Waals surface area contributed by atoms with Crippen LogP contribution >= 0.6 is 0 Å². The van der Waals surface area contributed by atoms with Crippen molar-refractivity contribution in [3.05, 3.63) is 90.1 Å². The third-order valence-corrected chi connectivity index (χ3v) is 4.44. The van der Waals surface area contributed by atoms with Crippen LogP contribution in [0, 0.1) is 0 Å². The number of rotatable bonds is 4. The fourth-order valence-electron chi connectivity index (χ4n) is 3.12. The van der Waals surface area contributed by atoms with E-state index < -0.39 is 11.8 Å². The molecule has 27 heavy (non-hydrogen) atoms. The van der Waals surface area contributed by atoms with Gasteiger partial charge in [0.25, 0.3) is 5.78 Å². The maximum Gasteiger partial charge on any atom is 0.377 e. The highest BCUT2D eigenvalue weighted by atomic mass is 16.4. The van der Waals surface area contributed by atoms with Crippen LogP contribution in [-0.2, 0) is 9.59 Å². The van der Waals surface area contributed by atoms with Gasteiger partial charge >= 0.3 is 5.97 Å². The molecule has 0 aliphatic rings. The van der Waals surface area contributed by atoms with E-state index in [2.05, 4.69) is 4.98 Å². The lowest BCUT2D eigenvalue weighted by atomic mass is 9.98. The van der Waals surface area contributed by atoms with Crippen molar-refractivity contribution in [1.82, 2.24) is 4.98 Å². The van der Waals surface area contributed by atoms with Gasteiger partial charge in [0.15, 0.2) is 0 Å². The van der Waals surface area contributed by atoms with Crippen molar-refractivity contribution in [2.24, 2.45) is 0 Å². The number of aromatic nitrogens is 1. The molecule has 1 N–H and O–H groups in total. The molecule has 0 radical (unpaired) electrons. The number of carbonyl (C=O) groups excluding carboxylic acids is 1. The molecule has 3 aromatic carbocycles. The van der Waals surface area contributed by atoms with Crippen LogP contribution in [-0.4, -0.2) is 21.8 Å². The summed E-state index contributed by atoms with van der Waals surface area (Å²) < 4.78 is 0. The summed E-state index contributed by atoms with van der Waals surface area (Å²) in [4.78, 5) is 28.3. The maximum atomic E-state index is 12.4. The van der Waals surface area contributed by atoms with E-state index in [-0.39, 0.29) is 5.57 Å². The molecule has 4 nitrogen and oxygen atoms in total. The number of para-hydroxylation sites is 1. The number of aliphatic carboxylic acids is 1. The zero-order valence-electron chi connectivity index (χ0n) is 14.3. The quantitative estimate of drug-likeness (QED) is 0.431. The molecular weight excluding hydrogens is 338 g/mol. The van der Waals surface area contributed by atoms with E-state index in [4.69, 9.17) is 0 Å². The summed E-state index contributed by atoms with van der Waals surface area (Å²) in [6.45, 7) is 0. The fourth-order valence-corrected chi connectivity index (χ4v) is 3.12. The van der Waals surface area contributed by atoms with E-state index in [9.17, 15) is 14.7 Å². The number of carboxylic acid groups (broad SMARTS) is 1. The number of hydrogen-bond acceptors (Lipinski definition) is 3. The number of ketones is 1. The van der Waals surface area contributed by atoms with Crippen LogP contribution in [0.2, 0.25) is 0 Å². The summed E-state index contributed by atoms with van der Waals surface area (Å²) in [5, 5.41) is 12.2. The summed E-state index contributed by atoms with van der Waals surface area (Å²) in [5.41, 5.74) is 1.88. The number of benzene rings is 3. The van der Waals surface area contributed by atoms with E-state index in [0.29, 0.717) is 11.2 Å². The second kappa shape index (κ2) is 6.84. The first kappa shape index (κ1) is 16.7. The number of fused-ring (bicyclic) bond motifs is 2. The van der Waals surface area contributed by atoms with Gasteiger partial charge in [-0.25, -0.2) is 9.78 Å². The predicted octanol–water partition coefficient (Wildman–Crippen LogP) is 4.58. The maximum absolute atomic E-state index is 12.4. The molecule has 0 aliphatic heterocycles. The summed E-state index contributed by atoms with van der Waals surface area (Å²) in [7, 11) is 0. The second-order valence-electron chi connectivity index (χ2n) is 6.15. The highest BCUT2D eigenvalue weighted by Crippen LogP contribution is 2.25. The average molecular weight is 353 g/mol. The summed E-state index contributed by atoms with van der Waals surface area (Å²) in [6.07, 6.45) is 1.61. The number of Topliss-reactive ketones (excluding diaryl/α,β-unsaturated/α-hetero) is 1. The van der Waals surface area contributed by atoms with Crippen molar-refractivity contribution in [2.45, 2.75) is 0 Å². The van der Waals surface area contributed by atoms with Crippen LogP contribution in [0.4, 0.5) is 0 Å². The van der Waals surface area contributed by atoms with Gasteiger partial charge in [0.1, 0.15) is 0 Å². The Morgan fingerprint density at radius 2 is 1.48 bits per heavy atom. The van der Waals surface area contributed by atoms with Gasteiger partial charge in [0, 0.05) is 5.39 Å². The van der Waals surface area contributed by atoms with Crippen molar-refractivity contribution in [2.75, 3.05) is 0 Å². The van der Waals surface area contributed by atoms with Crippen LogP contribution < -0.4 is 0 Å². The minimum atomic E-state index is -1.50. The average Bonchev–Trinajstić information content (AvgIpc) is 2.71. The van der Waals surface area contributed by atoms with E-state index in [1.54, 1.807) is 12.1 Å². The zero-order chi connectivity index (χ0) is 18.8. The van der Waals surface area contributed by atoms with E-state index in [1.807, 2.05) is 72.8 Å². The molecule has 0 saturated carbocycles. The van der Waals surface area contributed by atoms with Crippen LogP contribution in [0.15, 0.2) is 78.9 Å². The number of carbonyl (C=O) groups is 2. The number of pyridine rings is 1. The minimum Gasteiger partial charge on any atom is -0.475 e. The summed E-state index contributed by atoms with van der Waals surface area (Å²) in [5.74, 6) is -2.48. The van der Waals surface area contributed by atoms with Crippen molar-refractivity contribution < 1.29 is 14.7 Å². The van der Waals surface area contributed by atoms with Gasteiger partial charge in [0.05, 0.1) is 16.8 Å². The van der Waals surface area contributed by atoms with Gasteiger partial charge in [-0.2, -0.15) is 0 Å². The first-order valence-corrected chi connectivity index (χ1v) is 8.47. The molecule has 0 bridgehead atoms. The molecule has 1 heterocycles. The highest BCUT2D eigenvalue weighted by Gasteiger charge is 2.21. The zero-order valence-corrected chi connectivity index (χ0v) is 14.3. The molecule has 4 heteroatoms. The summed E-state index contributed by atoms with van der Waals surface area (Å²) >= 11 is 0. The first-order chi connectivity index (χ1) is 13.1. The largest absolute Gasteiger partial charge is 0.475 e. The van der Waals surface area contributed by atoms with Crippen LogP contribution in [0.3, 0.4) is 0 Å². The van der Waals surface area contributed by atoms with Crippen LogP contribution in [0.25, 0.3) is 33.3 Å². The molecule has 0 saturated heterocycles. The SMILES string of the molecule is O=C(O)C(=O)C(=Cc1cccc2ccccc12)c1ccc2ccccc2n1. The lowest BCUT2D eigenvalue weighted by molar-refractivity contribution is -0.146. The standard InChI is InChI=1S/C23H15NO3/c25-22(23(26)27)19(21-13-12-16-7-2-4-11-20(16)24-21)14-17-9-5-8-15-6-1-3-10-18(15)17/h1-14H,(H,26,27).